The smallest absolute Gasteiger partial charge is 0.224 e. The third-order valence-corrected chi connectivity index (χ3v) is 5.49. The predicted molar refractivity (Wildman–Crippen MR) is 131 cm³/mol. The van der Waals surface area contributed by atoms with Crippen molar-refractivity contribution < 1.29 is 28.5 Å². The summed E-state index contributed by atoms with van der Waals surface area (Å²) in [5.74, 6) is 2.76. The lowest BCUT2D eigenvalue weighted by Gasteiger charge is -2.17. The molecule has 0 saturated heterocycles. The van der Waals surface area contributed by atoms with Gasteiger partial charge in [0.05, 0.1) is 42.0 Å². The minimum Gasteiger partial charge on any atom is -0.493 e. The Hall–Kier alpha value is -3.87. The zero-order chi connectivity index (χ0) is 24.5. The van der Waals surface area contributed by atoms with Gasteiger partial charge < -0.3 is 29.0 Å². The standard InChI is InChI=1S/C27H31NO6/c1-30-22-15-18(16-23(31-2)27(22)34-5)17-24(29)28-14-13-20-11-12-21(19-9-7-6-8-10-19)26(33-4)25(20)32-3/h6-12,15-16H,13-14,17H2,1-5H3,(H,28,29). The molecule has 0 fully saturated rings. The topological polar surface area (TPSA) is 75.3 Å². The molecule has 7 nitrogen and oxygen atoms in total. The summed E-state index contributed by atoms with van der Waals surface area (Å²) < 4.78 is 27.4. The van der Waals surface area contributed by atoms with E-state index in [0.717, 1.165) is 22.3 Å². The molecule has 0 aliphatic rings. The molecule has 180 valence electrons. The van der Waals surface area contributed by atoms with Crippen molar-refractivity contribution in [2.75, 3.05) is 42.1 Å². The van der Waals surface area contributed by atoms with E-state index in [2.05, 4.69) is 5.32 Å². The highest BCUT2D eigenvalue weighted by Gasteiger charge is 2.17. The molecule has 3 rings (SSSR count). The van der Waals surface area contributed by atoms with E-state index >= 15 is 0 Å². The van der Waals surface area contributed by atoms with Gasteiger partial charge in [-0.1, -0.05) is 42.5 Å². The number of nitrogens with one attached hydrogen (secondary N) is 1. The molecule has 3 aromatic carbocycles. The van der Waals surface area contributed by atoms with Gasteiger partial charge in [-0.2, -0.15) is 0 Å². The molecule has 3 aromatic rings. The van der Waals surface area contributed by atoms with Crippen LogP contribution in [-0.2, 0) is 17.6 Å². The van der Waals surface area contributed by atoms with Gasteiger partial charge in [0.15, 0.2) is 23.0 Å². The molecule has 0 aliphatic carbocycles. The Labute approximate surface area is 200 Å². The Morgan fingerprint density at radius 2 is 1.35 bits per heavy atom. The summed E-state index contributed by atoms with van der Waals surface area (Å²) in [5.41, 5.74) is 3.71. The largest absolute Gasteiger partial charge is 0.493 e. The van der Waals surface area contributed by atoms with Crippen molar-refractivity contribution in [2.24, 2.45) is 0 Å². The summed E-state index contributed by atoms with van der Waals surface area (Å²) >= 11 is 0. The number of carbonyl (C=O) groups is 1. The van der Waals surface area contributed by atoms with Gasteiger partial charge >= 0.3 is 0 Å². The van der Waals surface area contributed by atoms with Crippen LogP contribution in [0.3, 0.4) is 0 Å². The first-order chi connectivity index (χ1) is 16.6. The van der Waals surface area contributed by atoms with Crippen LogP contribution in [-0.4, -0.2) is 48.0 Å². The molecule has 34 heavy (non-hydrogen) atoms. The van der Waals surface area contributed by atoms with Crippen molar-refractivity contribution in [2.45, 2.75) is 12.8 Å². The van der Waals surface area contributed by atoms with Crippen molar-refractivity contribution in [1.29, 1.82) is 0 Å². The first-order valence-electron chi connectivity index (χ1n) is 10.9. The van der Waals surface area contributed by atoms with E-state index in [9.17, 15) is 4.79 Å². The SMILES string of the molecule is COc1cc(CC(=O)NCCc2ccc(-c3ccccc3)c(OC)c2OC)cc(OC)c1OC. The second-order valence-corrected chi connectivity index (χ2v) is 7.52. The fourth-order valence-corrected chi connectivity index (χ4v) is 3.89. The third kappa shape index (κ3) is 5.54. The first kappa shape index (κ1) is 24.8. The Kier molecular flexibility index (Phi) is 8.62. The zero-order valence-electron chi connectivity index (χ0n) is 20.3. The molecule has 0 unspecified atom stereocenters. The van der Waals surface area contributed by atoms with Gasteiger partial charge in [0, 0.05) is 12.1 Å². The summed E-state index contributed by atoms with van der Waals surface area (Å²) in [7, 11) is 7.90. The van der Waals surface area contributed by atoms with E-state index in [-0.39, 0.29) is 12.3 Å². The summed E-state index contributed by atoms with van der Waals surface area (Å²) in [6, 6.07) is 17.6. The average molecular weight is 466 g/mol. The van der Waals surface area contributed by atoms with Crippen molar-refractivity contribution in [3.8, 4) is 39.9 Å². The number of hydrogen-bond donors (Lipinski definition) is 1. The Morgan fingerprint density at radius 3 is 1.91 bits per heavy atom. The van der Waals surface area contributed by atoms with Gasteiger partial charge in [0.2, 0.25) is 11.7 Å². The molecular formula is C27H31NO6. The molecule has 0 radical (unpaired) electrons. The van der Waals surface area contributed by atoms with Crippen LogP contribution in [0.4, 0.5) is 0 Å². The molecule has 0 aromatic heterocycles. The summed E-state index contributed by atoms with van der Waals surface area (Å²) in [6.07, 6.45) is 0.777. The van der Waals surface area contributed by atoms with Crippen LogP contribution < -0.4 is 29.0 Å². The van der Waals surface area contributed by atoms with E-state index < -0.39 is 0 Å². The van der Waals surface area contributed by atoms with Gasteiger partial charge in [-0.05, 0) is 35.2 Å². The van der Waals surface area contributed by atoms with Crippen molar-refractivity contribution in [3.05, 3.63) is 65.7 Å². The van der Waals surface area contributed by atoms with E-state index in [4.69, 9.17) is 23.7 Å². The van der Waals surface area contributed by atoms with E-state index in [1.807, 2.05) is 42.5 Å². The van der Waals surface area contributed by atoms with Crippen LogP contribution in [0.25, 0.3) is 11.1 Å². The van der Waals surface area contributed by atoms with Crippen LogP contribution in [0, 0.1) is 0 Å². The molecule has 0 saturated carbocycles. The third-order valence-electron chi connectivity index (χ3n) is 5.49. The first-order valence-corrected chi connectivity index (χ1v) is 10.9. The highest BCUT2D eigenvalue weighted by Crippen LogP contribution is 2.41. The Bertz CT molecular complexity index is 1090. The number of rotatable bonds is 11. The van der Waals surface area contributed by atoms with Gasteiger partial charge in [-0.15, -0.1) is 0 Å². The second kappa shape index (κ2) is 11.8. The number of ether oxygens (including phenoxy) is 5. The minimum atomic E-state index is -0.110. The van der Waals surface area contributed by atoms with Gasteiger partial charge in [0.25, 0.3) is 0 Å². The summed E-state index contributed by atoms with van der Waals surface area (Å²) in [4.78, 5) is 12.6. The lowest BCUT2D eigenvalue weighted by molar-refractivity contribution is -0.120. The lowest BCUT2D eigenvalue weighted by atomic mass is 10.00. The minimum absolute atomic E-state index is 0.110. The fraction of sp³-hybridized carbons (Fsp3) is 0.296. The van der Waals surface area contributed by atoms with Gasteiger partial charge in [0.1, 0.15) is 0 Å². The number of carbonyl (C=O) groups excluding carboxylic acids is 1. The zero-order valence-corrected chi connectivity index (χ0v) is 20.3. The lowest BCUT2D eigenvalue weighted by Crippen LogP contribution is -2.27. The van der Waals surface area contributed by atoms with Crippen LogP contribution in [0.5, 0.6) is 28.7 Å². The maximum Gasteiger partial charge on any atom is 0.224 e. The average Bonchev–Trinajstić information content (AvgIpc) is 2.87. The van der Waals surface area contributed by atoms with Crippen molar-refractivity contribution >= 4 is 5.91 Å². The molecule has 0 spiro atoms. The molecule has 1 N–H and O–H groups in total. The van der Waals surface area contributed by atoms with Crippen LogP contribution in [0.1, 0.15) is 11.1 Å². The van der Waals surface area contributed by atoms with Gasteiger partial charge in [-0.3, -0.25) is 4.79 Å². The molecule has 0 atom stereocenters. The molecule has 0 heterocycles. The highest BCUT2D eigenvalue weighted by atomic mass is 16.5. The Balaban J connectivity index is 1.69. The molecule has 7 heteroatoms. The van der Waals surface area contributed by atoms with Crippen molar-refractivity contribution in [1.82, 2.24) is 5.32 Å². The van der Waals surface area contributed by atoms with Crippen LogP contribution >= 0.6 is 0 Å². The molecule has 1 amide bonds. The monoisotopic (exact) mass is 465 g/mol. The van der Waals surface area contributed by atoms with E-state index in [1.54, 1.807) is 47.7 Å². The normalized spacial score (nSPS) is 10.4. The predicted octanol–water partition coefficient (Wildman–Crippen LogP) is 4.30. The molecule has 0 aliphatic heterocycles. The van der Waals surface area contributed by atoms with Gasteiger partial charge in [-0.25, -0.2) is 0 Å². The fourth-order valence-electron chi connectivity index (χ4n) is 3.89. The summed E-state index contributed by atoms with van der Waals surface area (Å²) in [6.45, 7) is 0.452. The number of hydrogen-bond acceptors (Lipinski definition) is 6. The maximum atomic E-state index is 12.6. The molecular weight excluding hydrogens is 434 g/mol. The molecule has 0 bridgehead atoms. The number of benzene rings is 3. The maximum absolute atomic E-state index is 12.6. The number of methoxy groups -OCH3 is 5. The van der Waals surface area contributed by atoms with Crippen LogP contribution in [0.2, 0.25) is 0 Å². The summed E-state index contributed by atoms with van der Waals surface area (Å²) in [5, 5.41) is 2.97. The quantitative estimate of drug-likeness (QED) is 0.455. The van der Waals surface area contributed by atoms with Crippen LogP contribution in [0.15, 0.2) is 54.6 Å². The van der Waals surface area contributed by atoms with E-state index in [1.165, 1.54) is 0 Å². The van der Waals surface area contributed by atoms with Crippen molar-refractivity contribution in [3.63, 3.8) is 0 Å². The number of amides is 1. The highest BCUT2D eigenvalue weighted by molar-refractivity contribution is 5.79. The second-order valence-electron chi connectivity index (χ2n) is 7.52. The Morgan fingerprint density at radius 1 is 0.735 bits per heavy atom. The van der Waals surface area contributed by atoms with E-state index in [0.29, 0.717) is 41.7 Å².